The molecule has 1 aliphatic heterocycles. The van der Waals surface area contributed by atoms with Crippen molar-refractivity contribution in [2.24, 2.45) is 0 Å². The molecule has 1 heterocycles. The fourth-order valence-corrected chi connectivity index (χ4v) is 0.827. The predicted molar refractivity (Wildman–Crippen MR) is 39.6 cm³/mol. The third kappa shape index (κ3) is 1.60. The van der Waals surface area contributed by atoms with E-state index in [9.17, 15) is 0 Å². The standard InChI is InChI=1S/C8H12N/c1-3-8-4-6-9(2)7-5-8/h4-6H,2-3,7H2,1H3. The van der Waals surface area contributed by atoms with Crippen LogP contribution in [-0.2, 0) is 0 Å². The summed E-state index contributed by atoms with van der Waals surface area (Å²) in [6, 6.07) is 0. The smallest absolute Gasteiger partial charge is 0.0360 e. The van der Waals surface area contributed by atoms with Gasteiger partial charge in [-0.3, -0.25) is 0 Å². The second kappa shape index (κ2) is 2.72. The molecule has 0 aromatic carbocycles. The van der Waals surface area contributed by atoms with Crippen LogP contribution in [0.15, 0.2) is 23.9 Å². The Morgan fingerprint density at radius 2 is 2.56 bits per heavy atom. The normalized spacial score (nSPS) is 18.0. The SMILES string of the molecule is [CH2]N1C=CC(CC)=CC1. The van der Waals surface area contributed by atoms with Gasteiger partial charge >= 0.3 is 0 Å². The van der Waals surface area contributed by atoms with Gasteiger partial charge in [0, 0.05) is 13.6 Å². The summed E-state index contributed by atoms with van der Waals surface area (Å²) >= 11 is 0. The van der Waals surface area contributed by atoms with Crippen LogP contribution in [0, 0.1) is 7.05 Å². The van der Waals surface area contributed by atoms with E-state index in [1.165, 1.54) is 5.57 Å². The molecule has 0 unspecified atom stereocenters. The Hall–Kier alpha value is -0.720. The molecule has 0 atom stereocenters. The summed E-state index contributed by atoms with van der Waals surface area (Å²) in [7, 11) is 3.77. The molecule has 0 aliphatic carbocycles. The minimum atomic E-state index is 0.958. The van der Waals surface area contributed by atoms with Crippen LogP contribution in [0.2, 0.25) is 0 Å². The Kier molecular flexibility index (Phi) is 1.93. The van der Waals surface area contributed by atoms with Crippen molar-refractivity contribution in [3.05, 3.63) is 31.0 Å². The molecule has 1 nitrogen and oxygen atoms in total. The van der Waals surface area contributed by atoms with E-state index in [0.29, 0.717) is 0 Å². The van der Waals surface area contributed by atoms with Gasteiger partial charge < -0.3 is 4.90 Å². The first-order valence-corrected chi connectivity index (χ1v) is 3.27. The van der Waals surface area contributed by atoms with Crippen LogP contribution >= 0.6 is 0 Å². The molecular formula is C8H12N. The van der Waals surface area contributed by atoms with Crippen molar-refractivity contribution >= 4 is 0 Å². The number of hydrogen-bond acceptors (Lipinski definition) is 1. The lowest BCUT2D eigenvalue weighted by molar-refractivity contribution is 0.549. The summed E-state index contributed by atoms with van der Waals surface area (Å²) in [5.41, 5.74) is 1.41. The van der Waals surface area contributed by atoms with Crippen LogP contribution in [0.3, 0.4) is 0 Å². The molecule has 1 heteroatoms. The number of hydrogen-bond donors (Lipinski definition) is 0. The van der Waals surface area contributed by atoms with Gasteiger partial charge in [0.1, 0.15) is 0 Å². The van der Waals surface area contributed by atoms with Crippen molar-refractivity contribution in [2.45, 2.75) is 13.3 Å². The van der Waals surface area contributed by atoms with Crippen molar-refractivity contribution < 1.29 is 0 Å². The van der Waals surface area contributed by atoms with Crippen LogP contribution in [-0.4, -0.2) is 11.4 Å². The molecule has 0 spiro atoms. The van der Waals surface area contributed by atoms with Crippen LogP contribution in [0.5, 0.6) is 0 Å². The number of nitrogens with zero attached hydrogens (tertiary/aromatic N) is 1. The van der Waals surface area contributed by atoms with Crippen LogP contribution < -0.4 is 0 Å². The van der Waals surface area contributed by atoms with Crippen LogP contribution in [0.25, 0.3) is 0 Å². The molecule has 49 valence electrons. The van der Waals surface area contributed by atoms with Crippen molar-refractivity contribution in [3.8, 4) is 0 Å². The summed E-state index contributed by atoms with van der Waals surface area (Å²) in [5.74, 6) is 0. The van der Waals surface area contributed by atoms with E-state index in [1.54, 1.807) is 0 Å². The Balaban J connectivity index is 2.52. The zero-order valence-corrected chi connectivity index (χ0v) is 5.80. The van der Waals surface area contributed by atoms with Gasteiger partial charge in [0.15, 0.2) is 0 Å². The second-order valence-electron chi connectivity index (χ2n) is 2.22. The first-order chi connectivity index (χ1) is 4.33. The Morgan fingerprint density at radius 3 is 3.00 bits per heavy atom. The van der Waals surface area contributed by atoms with E-state index >= 15 is 0 Å². The Morgan fingerprint density at radius 1 is 1.78 bits per heavy atom. The number of rotatable bonds is 1. The summed E-state index contributed by atoms with van der Waals surface area (Å²) in [6.45, 7) is 3.12. The van der Waals surface area contributed by atoms with E-state index in [1.807, 2.05) is 11.1 Å². The summed E-state index contributed by atoms with van der Waals surface area (Å²) < 4.78 is 0. The zero-order valence-electron chi connectivity index (χ0n) is 5.80. The zero-order chi connectivity index (χ0) is 6.69. The van der Waals surface area contributed by atoms with E-state index < -0.39 is 0 Å². The Labute approximate surface area is 56.7 Å². The maximum Gasteiger partial charge on any atom is 0.0360 e. The Bertz CT molecular complexity index is 145. The molecule has 0 amide bonds. The fourth-order valence-electron chi connectivity index (χ4n) is 0.827. The molecule has 1 aliphatic rings. The molecular weight excluding hydrogens is 110 g/mol. The van der Waals surface area contributed by atoms with Gasteiger partial charge in [-0.1, -0.05) is 13.0 Å². The van der Waals surface area contributed by atoms with Gasteiger partial charge in [-0.15, -0.1) is 0 Å². The monoisotopic (exact) mass is 122 g/mol. The lowest BCUT2D eigenvalue weighted by Gasteiger charge is -2.15. The van der Waals surface area contributed by atoms with Gasteiger partial charge in [-0.2, -0.15) is 0 Å². The van der Waals surface area contributed by atoms with Gasteiger partial charge in [-0.25, -0.2) is 0 Å². The predicted octanol–water partition coefficient (Wildman–Crippen LogP) is 1.94. The lowest BCUT2D eigenvalue weighted by atomic mass is 10.1. The van der Waals surface area contributed by atoms with Gasteiger partial charge in [0.2, 0.25) is 0 Å². The molecule has 0 aromatic rings. The van der Waals surface area contributed by atoms with Gasteiger partial charge in [0.25, 0.3) is 0 Å². The van der Waals surface area contributed by atoms with Crippen molar-refractivity contribution in [1.29, 1.82) is 0 Å². The third-order valence-electron chi connectivity index (χ3n) is 1.50. The van der Waals surface area contributed by atoms with E-state index in [2.05, 4.69) is 26.1 Å². The third-order valence-corrected chi connectivity index (χ3v) is 1.50. The van der Waals surface area contributed by atoms with E-state index in [0.717, 1.165) is 13.0 Å². The highest BCUT2D eigenvalue weighted by molar-refractivity contribution is 5.21. The van der Waals surface area contributed by atoms with Gasteiger partial charge in [-0.05, 0) is 24.3 Å². The highest BCUT2D eigenvalue weighted by atomic mass is 15.1. The summed E-state index contributed by atoms with van der Waals surface area (Å²) in [5, 5.41) is 0. The minimum absolute atomic E-state index is 0.958. The van der Waals surface area contributed by atoms with E-state index in [4.69, 9.17) is 0 Å². The molecule has 0 saturated carbocycles. The van der Waals surface area contributed by atoms with E-state index in [-0.39, 0.29) is 0 Å². The first kappa shape index (κ1) is 6.40. The highest BCUT2D eigenvalue weighted by Crippen LogP contribution is 2.08. The number of allylic oxidation sites excluding steroid dienone is 2. The van der Waals surface area contributed by atoms with Crippen molar-refractivity contribution in [2.75, 3.05) is 6.54 Å². The van der Waals surface area contributed by atoms with Crippen molar-refractivity contribution in [3.63, 3.8) is 0 Å². The van der Waals surface area contributed by atoms with Crippen LogP contribution in [0.1, 0.15) is 13.3 Å². The minimum Gasteiger partial charge on any atom is -0.372 e. The largest absolute Gasteiger partial charge is 0.372 e. The summed E-state index contributed by atoms with van der Waals surface area (Å²) in [6.07, 6.45) is 7.45. The van der Waals surface area contributed by atoms with Crippen LogP contribution in [0.4, 0.5) is 0 Å². The molecule has 1 radical (unpaired) electrons. The average molecular weight is 122 g/mol. The maximum absolute atomic E-state index is 3.77. The topological polar surface area (TPSA) is 3.24 Å². The highest BCUT2D eigenvalue weighted by Gasteiger charge is 1.95. The molecule has 1 rings (SSSR count). The quantitative estimate of drug-likeness (QED) is 0.513. The molecule has 0 bridgehead atoms. The molecule has 9 heavy (non-hydrogen) atoms. The first-order valence-electron chi connectivity index (χ1n) is 3.27. The summed E-state index contributed by atoms with van der Waals surface area (Å²) in [4.78, 5) is 1.92. The lowest BCUT2D eigenvalue weighted by Crippen LogP contribution is -2.10. The molecule has 0 N–H and O–H groups in total. The molecule has 0 aromatic heterocycles. The molecule has 0 fully saturated rings. The van der Waals surface area contributed by atoms with Gasteiger partial charge in [0.05, 0.1) is 0 Å². The van der Waals surface area contributed by atoms with Crippen molar-refractivity contribution in [1.82, 2.24) is 4.90 Å². The second-order valence-corrected chi connectivity index (χ2v) is 2.22. The maximum atomic E-state index is 3.77. The fraction of sp³-hybridized carbons (Fsp3) is 0.375. The average Bonchev–Trinajstić information content (AvgIpc) is 1.90. The molecule has 0 saturated heterocycles.